The van der Waals surface area contributed by atoms with E-state index in [1.54, 1.807) is 7.11 Å². The van der Waals surface area contributed by atoms with Crippen LogP contribution in [-0.2, 0) is 6.42 Å². The van der Waals surface area contributed by atoms with Crippen molar-refractivity contribution in [3.8, 4) is 16.9 Å². The lowest BCUT2D eigenvalue weighted by Crippen LogP contribution is -2.19. The summed E-state index contributed by atoms with van der Waals surface area (Å²) in [5, 5.41) is 0. The fraction of sp³-hybridized carbons (Fsp3) is 0.167. The Morgan fingerprint density at radius 1 is 0.963 bits per heavy atom. The Morgan fingerprint density at radius 3 is 2.41 bits per heavy atom. The van der Waals surface area contributed by atoms with Crippen molar-refractivity contribution in [3.63, 3.8) is 0 Å². The molecule has 0 radical (unpaired) electrons. The van der Waals surface area contributed by atoms with Gasteiger partial charge < -0.3 is 4.74 Å². The molecule has 3 aromatic rings. The number of hydrogen-bond donors (Lipinski definition) is 0. The third-order valence-corrected chi connectivity index (χ3v) is 5.13. The van der Waals surface area contributed by atoms with Crippen LogP contribution < -0.4 is 4.74 Å². The molecule has 0 bridgehead atoms. The SMILES string of the molecule is CCC(=O)c1cc(-c2ccc(OC)cc2)cc2c1C(=O)c1ccccc1C2. The normalized spacial score (nSPS) is 12.3. The molecule has 0 fully saturated rings. The molecule has 0 aliphatic heterocycles. The molecule has 134 valence electrons. The average Bonchev–Trinajstić information content (AvgIpc) is 2.72. The lowest BCUT2D eigenvalue weighted by Gasteiger charge is -2.22. The van der Waals surface area contributed by atoms with Crippen LogP contribution >= 0.6 is 0 Å². The van der Waals surface area contributed by atoms with Gasteiger partial charge in [-0.05, 0) is 46.9 Å². The van der Waals surface area contributed by atoms with E-state index in [4.69, 9.17) is 4.74 Å². The van der Waals surface area contributed by atoms with Crippen LogP contribution in [0.15, 0.2) is 60.7 Å². The molecule has 0 spiro atoms. The number of rotatable bonds is 4. The van der Waals surface area contributed by atoms with Crippen LogP contribution in [0.3, 0.4) is 0 Å². The summed E-state index contributed by atoms with van der Waals surface area (Å²) in [6.45, 7) is 1.83. The molecule has 1 aliphatic rings. The van der Waals surface area contributed by atoms with Crippen LogP contribution in [0.5, 0.6) is 5.75 Å². The highest BCUT2D eigenvalue weighted by atomic mass is 16.5. The van der Waals surface area contributed by atoms with E-state index < -0.39 is 0 Å². The van der Waals surface area contributed by atoms with Crippen LogP contribution in [0.25, 0.3) is 11.1 Å². The second-order valence-corrected chi connectivity index (χ2v) is 6.73. The maximum atomic E-state index is 13.1. The largest absolute Gasteiger partial charge is 0.497 e. The van der Waals surface area contributed by atoms with Crippen molar-refractivity contribution < 1.29 is 14.3 Å². The van der Waals surface area contributed by atoms with E-state index in [1.807, 2.05) is 67.6 Å². The molecular weight excluding hydrogens is 336 g/mol. The molecule has 3 heteroatoms. The molecule has 27 heavy (non-hydrogen) atoms. The number of carbonyl (C=O) groups is 2. The topological polar surface area (TPSA) is 43.4 Å². The molecular formula is C24H20O3. The molecule has 0 atom stereocenters. The number of benzene rings is 3. The van der Waals surface area contributed by atoms with Crippen LogP contribution in [0.2, 0.25) is 0 Å². The third-order valence-electron chi connectivity index (χ3n) is 5.13. The van der Waals surface area contributed by atoms with Crippen molar-refractivity contribution in [1.82, 2.24) is 0 Å². The Bertz CT molecular complexity index is 1050. The zero-order valence-corrected chi connectivity index (χ0v) is 15.4. The Balaban J connectivity index is 1.90. The minimum Gasteiger partial charge on any atom is -0.497 e. The van der Waals surface area contributed by atoms with Gasteiger partial charge >= 0.3 is 0 Å². The van der Waals surface area contributed by atoms with Crippen molar-refractivity contribution in [2.45, 2.75) is 19.8 Å². The van der Waals surface area contributed by atoms with E-state index in [0.717, 1.165) is 28.0 Å². The lowest BCUT2D eigenvalue weighted by molar-refractivity contribution is 0.0970. The maximum Gasteiger partial charge on any atom is 0.194 e. The second-order valence-electron chi connectivity index (χ2n) is 6.73. The van der Waals surface area contributed by atoms with E-state index in [-0.39, 0.29) is 11.6 Å². The fourth-order valence-electron chi connectivity index (χ4n) is 3.71. The molecule has 0 aromatic heterocycles. The number of hydrogen-bond acceptors (Lipinski definition) is 3. The average molecular weight is 356 g/mol. The van der Waals surface area contributed by atoms with E-state index in [2.05, 4.69) is 0 Å². The Labute approximate surface area is 158 Å². The molecule has 0 N–H and O–H groups in total. The van der Waals surface area contributed by atoms with Gasteiger partial charge in [-0.25, -0.2) is 0 Å². The Morgan fingerprint density at radius 2 is 1.70 bits per heavy atom. The van der Waals surface area contributed by atoms with Gasteiger partial charge in [-0.3, -0.25) is 9.59 Å². The summed E-state index contributed by atoms with van der Waals surface area (Å²) >= 11 is 0. The first-order valence-corrected chi connectivity index (χ1v) is 9.09. The molecule has 0 saturated carbocycles. The number of ketones is 2. The molecule has 0 saturated heterocycles. The number of carbonyl (C=O) groups excluding carboxylic acids is 2. The van der Waals surface area contributed by atoms with E-state index in [0.29, 0.717) is 29.5 Å². The Kier molecular flexibility index (Phi) is 4.36. The summed E-state index contributed by atoms with van der Waals surface area (Å²) in [5.41, 5.74) is 5.67. The predicted octanol–water partition coefficient (Wildman–Crippen LogP) is 5.09. The van der Waals surface area contributed by atoms with Gasteiger partial charge in [-0.2, -0.15) is 0 Å². The first-order valence-electron chi connectivity index (χ1n) is 9.09. The van der Waals surface area contributed by atoms with Gasteiger partial charge in [0.25, 0.3) is 0 Å². The quantitative estimate of drug-likeness (QED) is 0.478. The van der Waals surface area contributed by atoms with Gasteiger partial charge in [0.1, 0.15) is 5.75 Å². The number of ether oxygens (including phenoxy) is 1. The standard InChI is InChI=1S/C24H20O3/c1-3-22(25)21-14-17(15-8-10-19(27-2)11-9-15)13-18-12-16-6-4-5-7-20(16)24(26)23(18)21/h4-11,13-14H,3,12H2,1-2H3. The zero-order valence-electron chi connectivity index (χ0n) is 15.4. The monoisotopic (exact) mass is 356 g/mol. The summed E-state index contributed by atoms with van der Waals surface area (Å²) in [5.74, 6) is 0.727. The molecule has 1 aliphatic carbocycles. The van der Waals surface area contributed by atoms with Crippen molar-refractivity contribution in [2.24, 2.45) is 0 Å². The van der Waals surface area contributed by atoms with Gasteiger partial charge in [-0.15, -0.1) is 0 Å². The molecule has 0 amide bonds. The van der Waals surface area contributed by atoms with Crippen LogP contribution in [-0.4, -0.2) is 18.7 Å². The van der Waals surface area contributed by atoms with Crippen LogP contribution in [0.1, 0.15) is 50.8 Å². The predicted molar refractivity (Wildman–Crippen MR) is 106 cm³/mol. The maximum absolute atomic E-state index is 13.1. The molecule has 4 rings (SSSR count). The molecule has 0 heterocycles. The summed E-state index contributed by atoms with van der Waals surface area (Å²) < 4.78 is 5.23. The second kappa shape index (κ2) is 6.84. The summed E-state index contributed by atoms with van der Waals surface area (Å²) in [4.78, 5) is 25.8. The molecule has 3 aromatic carbocycles. The van der Waals surface area contributed by atoms with Gasteiger partial charge in [-0.1, -0.05) is 49.4 Å². The van der Waals surface area contributed by atoms with Gasteiger partial charge in [0.05, 0.1) is 7.11 Å². The van der Waals surface area contributed by atoms with Crippen molar-refractivity contribution >= 4 is 11.6 Å². The summed E-state index contributed by atoms with van der Waals surface area (Å²) in [6.07, 6.45) is 1.03. The molecule has 3 nitrogen and oxygen atoms in total. The number of Topliss-reactive ketones (excluding diaryl/α,β-unsaturated/α-hetero) is 1. The fourth-order valence-corrected chi connectivity index (χ4v) is 3.71. The van der Waals surface area contributed by atoms with E-state index >= 15 is 0 Å². The minimum absolute atomic E-state index is 0.00524. The van der Waals surface area contributed by atoms with Gasteiger partial charge in [0.2, 0.25) is 0 Å². The third kappa shape index (κ3) is 2.95. The lowest BCUT2D eigenvalue weighted by atomic mass is 9.80. The van der Waals surface area contributed by atoms with Crippen molar-refractivity contribution in [2.75, 3.05) is 7.11 Å². The number of fused-ring (bicyclic) bond motifs is 2. The van der Waals surface area contributed by atoms with Crippen molar-refractivity contribution in [3.05, 3.63) is 88.5 Å². The summed E-state index contributed by atoms with van der Waals surface area (Å²) in [7, 11) is 1.63. The van der Waals surface area contributed by atoms with Gasteiger partial charge in [0.15, 0.2) is 11.6 Å². The highest BCUT2D eigenvalue weighted by Gasteiger charge is 2.28. The molecule has 0 unspecified atom stereocenters. The zero-order chi connectivity index (χ0) is 19.0. The summed E-state index contributed by atoms with van der Waals surface area (Å²) in [6, 6.07) is 19.3. The Hall–Kier alpha value is -3.20. The van der Waals surface area contributed by atoms with Crippen molar-refractivity contribution in [1.29, 1.82) is 0 Å². The van der Waals surface area contributed by atoms with Gasteiger partial charge in [0, 0.05) is 23.1 Å². The van der Waals surface area contributed by atoms with Crippen LogP contribution in [0.4, 0.5) is 0 Å². The smallest absolute Gasteiger partial charge is 0.194 e. The van der Waals surface area contributed by atoms with E-state index in [1.165, 1.54) is 0 Å². The number of methoxy groups -OCH3 is 1. The first kappa shape index (κ1) is 17.2. The van der Waals surface area contributed by atoms with E-state index in [9.17, 15) is 9.59 Å². The van der Waals surface area contributed by atoms with Crippen LogP contribution in [0, 0.1) is 0 Å². The first-order chi connectivity index (χ1) is 13.1. The highest BCUT2D eigenvalue weighted by molar-refractivity contribution is 6.18. The minimum atomic E-state index is -0.0510. The highest BCUT2D eigenvalue weighted by Crippen LogP contribution is 2.34.